The molecule has 80 valence electrons. The molecule has 0 aromatic rings. The second kappa shape index (κ2) is 4.94. The molecular formula is C10H25N3. The Balaban J connectivity index is 0.000000252. The van der Waals surface area contributed by atoms with Gasteiger partial charge in [0, 0.05) is 17.6 Å². The molecule has 0 heterocycles. The summed E-state index contributed by atoms with van der Waals surface area (Å²) in [5.41, 5.74) is 16.6. The fourth-order valence-electron chi connectivity index (χ4n) is 1.28. The van der Waals surface area contributed by atoms with Crippen molar-refractivity contribution in [2.24, 2.45) is 17.2 Å². The Morgan fingerprint density at radius 2 is 1.46 bits per heavy atom. The van der Waals surface area contributed by atoms with E-state index in [1.165, 1.54) is 12.8 Å². The molecule has 0 bridgehead atoms. The molecule has 0 atom stereocenters. The second-order valence-corrected chi connectivity index (χ2v) is 5.14. The Hall–Kier alpha value is -0.120. The highest BCUT2D eigenvalue weighted by Crippen LogP contribution is 2.25. The molecule has 1 fully saturated rings. The maximum Gasteiger partial charge on any atom is 0.0278 e. The van der Waals surface area contributed by atoms with Gasteiger partial charge in [-0.05, 0) is 33.6 Å². The Morgan fingerprint density at radius 3 is 1.62 bits per heavy atom. The molecule has 1 aliphatic carbocycles. The van der Waals surface area contributed by atoms with Gasteiger partial charge in [0.2, 0.25) is 0 Å². The minimum atomic E-state index is 0. The molecule has 0 unspecified atom stereocenters. The molecule has 3 heteroatoms. The van der Waals surface area contributed by atoms with Gasteiger partial charge in [-0.1, -0.05) is 12.8 Å². The van der Waals surface area contributed by atoms with E-state index in [2.05, 4.69) is 0 Å². The smallest absolute Gasteiger partial charge is 0.0278 e. The van der Waals surface area contributed by atoms with Gasteiger partial charge >= 0.3 is 0 Å². The second-order valence-electron chi connectivity index (χ2n) is 5.14. The number of hydrogen-bond acceptors (Lipinski definition) is 3. The van der Waals surface area contributed by atoms with Crippen molar-refractivity contribution in [2.75, 3.05) is 6.54 Å². The van der Waals surface area contributed by atoms with E-state index in [0.717, 1.165) is 12.8 Å². The normalized spacial score (nSPS) is 20.8. The third kappa shape index (κ3) is 8.22. The summed E-state index contributed by atoms with van der Waals surface area (Å²) in [5, 5.41) is 0. The van der Waals surface area contributed by atoms with Crippen molar-refractivity contribution in [3.8, 4) is 0 Å². The van der Waals surface area contributed by atoms with Crippen LogP contribution in [0.5, 0.6) is 0 Å². The lowest BCUT2D eigenvalue weighted by Gasteiger charge is -2.19. The first-order chi connectivity index (χ1) is 5.77. The van der Waals surface area contributed by atoms with Gasteiger partial charge in [0.1, 0.15) is 0 Å². The number of rotatable bonds is 1. The summed E-state index contributed by atoms with van der Waals surface area (Å²) in [7, 11) is 0. The van der Waals surface area contributed by atoms with Gasteiger partial charge in [0.15, 0.2) is 0 Å². The largest absolute Gasteiger partial charge is 0.329 e. The van der Waals surface area contributed by atoms with E-state index in [1.54, 1.807) is 0 Å². The van der Waals surface area contributed by atoms with E-state index in [1.807, 2.05) is 20.8 Å². The Labute approximate surface area is 82.0 Å². The van der Waals surface area contributed by atoms with Crippen LogP contribution >= 0.6 is 0 Å². The van der Waals surface area contributed by atoms with Crippen LogP contribution in [0.25, 0.3) is 0 Å². The molecule has 6 N–H and O–H groups in total. The summed E-state index contributed by atoms with van der Waals surface area (Å²) < 4.78 is 0. The highest BCUT2D eigenvalue weighted by Gasteiger charge is 2.26. The third-order valence-electron chi connectivity index (χ3n) is 2.01. The van der Waals surface area contributed by atoms with Gasteiger partial charge in [-0.3, -0.25) is 0 Å². The molecule has 0 amide bonds. The van der Waals surface area contributed by atoms with Crippen LogP contribution < -0.4 is 17.2 Å². The van der Waals surface area contributed by atoms with E-state index in [0.29, 0.717) is 6.54 Å². The van der Waals surface area contributed by atoms with Crippen molar-refractivity contribution >= 4 is 0 Å². The highest BCUT2D eigenvalue weighted by molar-refractivity contribution is 4.89. The molecule has 3 nitrogen and oxygen atoms in total. The van der Waals surface area contributed by atoms with Gasteiger partial charge < -0.3 is 17.2 Å². The maximum atomic E-state index is 5.83. The highest BCUT2D eigenvalue weighted by atomic mass is 14.8. The van der Waals surface area contributed by atoms with E-state index < -0.39 is 0 Å². The van der Waals surface area contributed by atoms with Crippen LogP contribution in [0.15, 0.2) is 0 Å². The molecule has 1 rings (SSSR count). The van der Waals surface area contributed by atoms with Crippen molar-refractivity contribution in [1.82, 2.24) is 0 Å². The fraction of sp³-hybridized carbons (Fsp3) is 1.00. The van der Waals surface area contributed by atoms with Crippen LogP contribution in [-0.4, -0.2) is 17.6 Å². The van der Waals surface area contributed by atoms with Crippen LogP contribution in [0.1, 0.15) is 46.5 Å². The average molecular weight is 187 g/mol. The van der Waals surface area contributed by atoms with Crippen LogP contribution in [0.3, 0.4) is 0 Å². The first kappa shape index (κ1) is 12.9. The fourth-order valence-corrected chi connectivity index (χ4v) is 1.28. The molecule has 0 radical (unpaired) electrons. The predicted molar refractivity (Wildman–Crippen MR) is 58.4 cm³/mol. The minimum Gasteiger partial charge on any atom is -0.329 e. The minimum absolute atomic E-state index is 0. The molecule has 0 aliphatic heterocycles. The van der Waals surface area contributed by atoms with Crippen LogP contribution in [0, 0.1) is 0 Å². The lowest BCUT2D eigenvalue weighted by Crippen LogP contribution is -2.43. The summed E-state index contributed by atoms with van der Waals surface area (Å²) in [5.74, 6) is 0. The quantitative estimate of drug-likeness (QED) is 0.572. The van der Waals surface area contributed by atoms with Crippen LogP contribution in [-0.2, 0) is 0 Å². The van der Waals surface area contributed by atoms with Crippen molar-refractivity contribution in [2.45, 2.75) is 57.5 Å². The summed E-state index contributed by atoms with van der Waals surface area (Å²) in [6, 6.07) is 0. The summed E-state index contributed by atoms with van der Waals surface area (Å²) in [6.45, 7) is 6.56. The van der Waals surface area contributed by atoms with Crippen molar-refractivity contribution in [1.29, 1.82) is 0 Å². The van der Waals surface area contributed by atoms with Gasteiger partial charge in [-0.15, -0.1) is 0 Å². The van der Waals surface area contributed by atoms with E-state index in [-0.39, 0.29) is 11.1 Å². The Kier molecular flexibility index (Phi) is 4.89. The number of nitrogens with two attached hydrogens (primary N) is 3. The summed E-state index contributed by atoms with van der Waals surface area (Å²) >= 11 is 0. The summed E-state index contributed by atoms with van der Waals surface area (Å²) in [4.78, 5) is 0. The molecule has 0 saturated heterocycles. The molecule has 0 aromatic heterocycles. The third-order valence-corrected chi connectivity index (χ3v) is 2.01. The zero-order valence-corrected chi connectivity index (χ0v) is 9.27. The van der Waals surface area contributed by atoms with Crippen LogP contribution in [0.4, 0.5) is 0 Å². The number of hydrogen-bond donors (Lipinski definition) is 3. The Bertz CT molecular complexity index is 126. The van der Waals surface area contributed by atoms with Gasteiger partial charge in [-0.2, -0.15) is 0 Å². The zero-order valence-electron chi connectivity index (χ0n) is 9.27. The maximum absolute atomic E-state index is 5.83. The van der Waals surface area contributed by atoms with E-state index in [9.17, 15) is 0 Å². The van der Waals surface area contributed by atoms with Crippen molar-refractivity contribution < 1.29 is 0 Å². The molecule has 0 aromatic carbocycles. The van der Waals surface area contributed by atoms with Crippen molar-refractivity contribution in [3.05, 3.63) is 0 Å². The van der Waals surface area contributed by atoms with E-state index in [4.69, 9.17) is 17.2 Å². The van der Waals surface area contributed by atoms with Gasteiger partial charge in [0.05, 0.1) is 0 Å². The molecule has 1 saturated carbocycles. The molecule has 13 heavy (non-hydrogen) atoms. The van der Waals surface area contributed by atoms with Gasteiger partial charge in [-0.25, -0.2) is 0 Å². The monoisotopic (exact) mass is 187 g/mol. The topological polar surface area (TPSA) is 78.1 Å². The van der Waals surface area contributed by atoms with Crippen molar-refractivity contribution in [3.63, 3.8) is 0 Å². The molecular weight excluding hydrogens is 162 g/mol. The van der Waals surface area contributed by atoms with E-state index >= 15 is 0 Å². The lowest BCUT2D eigenvalue weighted by atomic mass is 10.0. The molecule has 1 aliphatic rings. The lowest BCUT2D eigenvalue weighted by molar-refractivity contribution is 0.451. The zero-order chi connectivity index (χ0) is 10.5. The summed E-state index contributed by atoms with van der Waals surface area (Å²) in [6.07, 6.45) is 4.80. The average Bonchev–Trinajstić information content (AvgIpc) is 2.34. The standard InChI is InChI=1S/C6H14N2.C4H11N/c7-5-6(8)3-1-2-4-6;1-4(2,3)5/h1-5,7-8H2;5H2,1-3H3. The first-order valence-electron chi connectivity index (χ1n) is 5.05. The molecule has 0 spiro atoms. The Morgan fingerprint density at radius 1 is 1.15 bits per heavy atom. The van der Waals surface area contributed by atoms with Crippen LogP contribution in [0.2, 0.25) is 0 Å². The van der Waals surface area contributed by atoms with Gasteiger partial charge in [0.25, 0.3) is 0 Å². The predicted octanol–water partition coefficient (Wildman–Crippen LogP) is 0.960. The first-order valence-corrected chi connectivity index (χ1v) is 5.05. The SMILES string of the molecule is CC(C)(C)N.NCC1(N)CCCC1.